The van der Waals surface area contributed by atoms with Gasteiger partial charge in [-0.25, -0.2) is 14.8 Å². The molecule has 2 amide bonds. The fourth-order valence-electron chi connectivity index (χ4n) is 4.82. The lowest BCUT2D eigenvalue weighted by Crippen LogP contribution is -2.55. The normalized spacial score (nSPS) is 20.0. The van der Waals surface area contributed by atoms with Crippen molar-refractivity contribution in [1.82, 2.24) is 24.8 Å². The van der Waals surface area contributed by atoms with E-state index in [2.05, 4.69) is 39.8 Å². The SMILES string of the molecule is CC(C)COC1CCCN(C(=O)N2CCN(c3cc[nH]c4cnc5nccc5c34)CC2)C1. The number of ether oxygens (including phenoxy) is 1. The molecule has 0 radical (unpaired) electrons. The number of nitrogens with zero attached hydrogens (tertiary/aromatic N) is 5. The Morgan fingerprint density at radius 3 is 2.81 bits per heavy atom. The summed E-state index contributed by atoms with van der Waals surface area (Å²) in [6, 6.07) is 4.30. The van der Waals surface area contributed by atoms with Gasteiger partial charge in [0.25, 0.3) is 0 Å². The van der Waals surface area contributed by atoms with Crippen LogP contribution in [0, 0.1) is 5.92 Å². The lowest BCUT2D eigenvalue weighted by atomic mass is 10.1. The van der Waals surface area contributed by atoms with Crippen LogP contribution in [0.2, 0.25) is 0 Å². The minimum absolute atomic E-state index is 0.153. The van der Waals surface area contributed by atoms with Crippen LogP contribution in [0.5, 0.6) is 0 Å². The molecule has 0 aliphatic carbocycles. The molecule has 8 heteroatoms. The predicted molar refractivity (Wildman–Crippen MR) is 126 cm³/mol. The maximum atomic E-state index is 13.2. The molecule has 2 aliphatic heterocycles. The van der Waals surface area contributed by atoms with E-state index >= 15 is 0 Å². The first kappa shape index (κ1) is 21.0. The lowest BCUT2D eigenvalue weighted by molar-refractivity contribution is -0.00611. The minimum atomic E-state index is 0.153. The third-order valence-corrected chi connectivity index (χ3v) is 6.47. The van der Waals surface area contributed by atoms with Crippen molar-refractivity contribution in [2.45, 2.75) is 32.8 Å². The summed E-state index contributed by atoms with van der Waals surface area (Å²) in [4.78, 5) is 31.7. The number of piperazine rings is 1. The number of H-pyrrole nitrogens is 1. The average Bonchev–Trinajstić information content (AvgIpc) is 3.31. The van der Waals surface area contributed by atoms with E-state index < -0.39 is 0 Å². The Labute approximate surface area is 188 Å². The molecule has 0 saturated carbocycles. The van der Waals surface area contributed by atoms with Crippen LogP contribution in [0.15, 0.2) is 30.7 Å². The van der Waals surface area contributed by atoms with Crippen LogP contribution < -0.4 is 4.90 Å². The number of rotatable bonds is 4. The molecule has 3 aromatic rings. The molecule has 0 bridgehead atoms. The number of fused-ring (bicyclic) bond motifs is 3. The van der Waals surface area contributed by atoms with Crippen molar-refractivity contribution in [1.29, 1.82) is 0 Å². The maximum Gasteiger partial charge on any atom is 0.320 e. The number of aromatic nitrogens is 3. The fraction of sp³-hybridized carbons (Fsp3) is 0.542. The number of nitrogens with one attached hydrogen (secondary N) is 1. The van der Waals surface area contributed by atoms with Gasteiger partial charge in [0.05, 0.1) is 17.8 Å². The second-order valence-corrected chi connectivity index (χ2v) is 9.29. The van der Waals surface area contributed by atoms with Gasteiger partial charge in [-0.15, -0.1) is 0 Å². The molecule has 1 atom stereocenters. The van der Waals surface area contributed by atoms with Crippen molar-refractivity contribution in [3.05, 3.63) is 30.7 Å². The Hall–Kier alpha value is -2.87. The highest BCUT2D eigenvalue weighted by molar-refractivity contribution is 6.10. The minimum Gasteiger partial charge on any atom is -0.376 e. The first-order valence-electron chi connectivity index (χ1n) is 11.7. The number of pyridine rings is 2. The van der Waals surface area contributed by atoms with Gasteiger partial charge < -0.3 is 24.4 Å². The number of hydrogen-bond acceptors (Lipinski definition) is 5. The van der Waals surface area contributed by atoms with Gasteiger partial charge in [0.15, 0.2) is 5.65 Å². The molecule has 3 aromatic heterocycles. The lowest BCUT2D eigenvalue weighted by Gasteiger charge is -2.41. The summed E-state index contributed by atoms with van der Waals surface area (Å²) >= 11 is 0. The van der Waals surface area contributed by atoms with Crippen LogP contribution in [0.1, 0.15) is 26.7 Å². The van der Waals surface area contributed by atoms with Gasteiger partial charge in [-0.1, -0.05) is 13.8 Å². The zero-order chi connectivity index (χ0) is 22.1. The molecule has 2 fully saturated rings. The highest BCUT2D eigenvalue weighted by atomic mass is 16.5. The number of likely N-dealkylation sites (tertiary alicyclic amines) is 1. The van der Waals surface area contributed by atoms with Crippen molar-refractivity contribution in [3.8, 4) is 0 Å². The third kappa shape index (κ3) is 4.11. The second-order valence-electron chi connectivity index (χ2n) is 9.29. The fourth-order valence-corrected chi connectivity index (χ4v) is 4.82. The van der Waals surface area contributed by atoms with E-state index in [0.717, 1.165) is 74.1 Å². The molecule has 5 rings (SSSR count). The molecule has 170 valence electrons. The van der Waals surface area contributed by atoms with E-state index in [1.54, 1.807) is 6.20 Å². The van der Waals surface area contributed by atoms with E-state index in [-0.39, 0.29) is 12.1 Å². The highest BCUT2D eigenvalue weighted by Gasteiger charge is 2.30. The summed E-state index contributed by atoms with van der Waals surface area (Å²) in [5.74, 6) is 0.516. The molecule has 5 heterocycles. The summed E-state index contributed by atoms with van der Waals surface area (Å²) in [5.41, 5.74) is 2.94. The molecular formula is C24H32N6O2. The first-order valence-corrected chi connectivity index (χ1v) is 11.7. The van der Waals surface area contributed by atoms with Gasteiger partial charge in [0.2, 0.25) is 0 Å². The molecular weight excluding hydrogens is 404 g/mol. The van der Waals surface area contributed by atoms with Crippen molar-refractivity contribution in [2.24, 2.45) is 5.92 Å². The molecule has 1 N–H and O–H groups in total. The number of urea groups is 1. The number of piperidine rings is 1. The second kappa shape index (κ2) is 8.94. The number of carbonyl (C=O) groups is 1. The molecule has 2 saturated heterocycles. The highest BCUT2D eigenvalue weighted by Crippen LogP contribution is 2.31. The van der Waals surface area contributed by atoms with Crippen molar-refractivity contribution in [2.75, 3.05) is 50.8 Å². The summed E-state index contributed by atoms with van der Waals surface area (Å²) in [6.45, 7) is 9.68. The van der Waals surface area contributed by atoms with Gasteiger partial charge in [-0.3, -0.25) is 0 Å². The van der Waals surface area contributed by atoms with Crippen molar-refractivity contribution < 1.29 is 9.53 Å². The largest absolute Gasteiger partial charge is 0.376 e. The van der Waals surface area contributed by atoms with Gasteiger partial charge in [0.1, 0.15) is 0 Å². The van der Waals surface area contributed by atoms with E-state index in [1.807, 2.05) is 28.3 Å². The van der Waals surface area contributed by atoms with E-state index in [4.69, 9.17) is 4.74 Å². The van der Waals surface area contributed by atoms with Crippen LogP contribution in [0.4, 0.5) is 10.5 Å². The molecule has 1 unspecified atom stereocenters. The van der Waals surface area contributed by atoms with Crippen LogP contribution >= 0.6 is 0 Å². The van der Waals surface area contributed by atoms with E-state index in [0.29, 0.717) is 12.5 Å². The number of carbonyl (C=O) groups excluding carboxylic acids is 1. The Kier molecular flexibility index (Phi) is 5.87. The smallest absolute Gasteiger partial charge is 0.320 e. The number of hydrogen-bond donors (Lipinski definition) is 1. The van der Waals surface area contributed by atoms with Gasteiger partial charge in [0, 0.05) is 74.7 Å². The number of aromatic amines is 1. The first-order chi connectivity index (χ1) is 15.6. The van der Waals surface area contributed by atoms with Crippen LogP contribution in [0.3, 0.4) is 0 Å². The van der Waals surface area contributed by atoms with Crippen molar-refractivity contribution in [3.63, 3.8) is 0 Å². The zero-order valence-electron chi connectivity index (χ0n) is 19.0. The van der Waals surface area contributed by atoms with Crippen LogP contribution in [-0.4, -0.2) is 82.8 Å². The zero-order valence-corrected chi connectivity index (χ0v) is 19.0. The Morgan fingerprint density at radius 2 is 2.00 bits per heavy atom. The summed E-state index contributed by atoms with van der Waals surface area (Å²) < 4.78 is 6.02. The molecule has 32 heavy (non-hydrogen) atoms. The van der Waals surface area contributed by atoms with E-state index in [9.17, 15) is 4.79 Å². The van der Waals surface area contributed by atoms with Crippen molar-refractivity contribution >= 4 is 33.7 Å². The summed E-state index contributed by atoms with van der Waals surface area (Å²) in [7, 11) is 0. The van der Waals surface area contributed by atoms with Crippen LogP contribution in [0.25, 0.3) is 21.9 Å². The number of amides is 2. The number of anilines is 1. The van der Waals surface area contributed by atoms with Gasteiger partial charge in [-0.05, 0) is 30.9 Å². The Bertz CT molecular complexity index is 1090. The van der Waals surface area contributed by atoms with Gasteiger partial charge in [-0.2, -0.15) is 0 Å². The quantitative estimate of drug-likeness (QED) is 0.677. The maximum absolute atomic E-state index is 13.2. The van der Waals surface area contributed by atoms with Crippen LogP contribution in [-0.2, 0) is 4.74 Å². The Morgan fingerprint density at radius 1 is 1.16 bits per heavy atom. The predicted octanol–water partition coefficient (Wildman–Crippen LogP) is 3.49. The summed E-state index contributed by atoms with van der Waals surface area (Å²) in [5, 5.41) is 2.21. The van der Waals surface area contributed by atoms with E-state index in [1.165, 1.54) is 5.69 Å². The Balaban J connectivity index is 1.26. The molecule has 8 nitrogen and oxygen atoms in total. The standard InChI is InChI=1S/C24H32N6O2/c1-17(2)16-32-18-4-3-9-30(15-18)24(31)29-12-10-28(11-13-29)21-6-8-25-20-14-27-23-19(22(20)21)5-7-26-23/h5-8,14,17-18,25H,3-4,9-13,15-16H2,1-2H3. The monoisotopic (exact) mass is 436 g/mol. The molecule has 0 spiro atoms. The topological polar surface area (TPSA) is 77.6 Å². The third-order valence-electron chi connectivity index (χ3n) is 6.47. The van der Waals surface area contributed by atoms with Gasteiger partial charge >= 0.3 is 6.03 Å². The molecule has 2 aliphatic rings. The molecule has 0 aromatic carbocycles. The average molecular weight is 437 g/mol. The summed E-state index contributed by atoms with van der Waals surface area (Å²) in [6.07, 6.45) is 7.84.